The van der Waals surface area contributed by atoms with Gasteiger partial charge in [-0.3, -0.25) is 0 Å². The molecule has 1 heterocycles. The van der Waals surface area contributed by atoms with Gasteiger partial charge < -0.3 is 5.32 Å². The van der Waals surface area contributed by atoms with Gasteiger partial charge in [-0.25, -0.2) is 0 Å². The van der Waals surface area contributed by atoms with E-state index >= 15 is 0 Å². The first-order chi connectivity index (χ1) is 9.66. The van der Waals surface area contributed by atoms with E-state index in [-0.39, 0.29) is 5.56 Å². The number of benzene rings is 1. The van der Waals surface area contributed by atoms with Crippen LogP contribution in [0.5, 0.6) is 0 Å². The van der Waals surface area contributed by atoms with Crippen molar-refractivity contribution in [2.75, 3.05) is 7.05 Å². The molecule has 21 heavy (non-hydrogen) atoms. The quantitative estimate of drug-likeness (QED) is 0.791. The standard InChI is InChI=1S/C13H11F6NS/c1-20-9(11(12(14,15)16)13(17,18)19)8-4-2-3-7-5-6-21-10(7)8/h2-6,9,11,20H,1H3. The molecule has 0 amide bonds. The Kier molecular flexibility index (Phi) is 4.21. The van der Waals surface area contributed by atoms with Crippen LogP contribution in [0.2, 0.25) is 0 Å². The van der Waals surface area contributed by atoms with Gasteiger partial charge in [-0.05, 0) is 29.4 Å². The molecule has 2 aromatic rings. The number of rotatable bonds is 3. The number of nitrogens with one attached hydrogen (secondary N) is 1. The highest BCUT2D eigenvalue weighted by atomic mass is 32.1. The van der Waals surface area contributed by atoms with Crippen LogP contribution in [0.3, 0.4) is 0 Å². The summed E-state index contributed by atoms with van der Waals surface area (Å²) < 4.78 is 77.9. The Morgan fingerprint density at radius 1 is 1.00 bits per heavy atom. The lowest BCUT2D eigenvalue weighted by Gasteiger charge is -2.31. The molecule has 1 atom stereocenters. The van der Waals surface area contributed by atoms with Gasteiger partial charge in [0.25, 0.3) is 0 Å². The first-order valence-electron chi connectivity index (χ1n) is 5.93. The van der Waals surface area contributed by atoms with E-state index in [0.29, 0.717) is 10.1 Å². The summed E-state index contributed by atoms with van der Waals surface area (Å²) >= 11 is 1.12. The normalized spacial score (nSPS) is 14.9. The van der Waals surface area contributed by atoms with Gasteiger partial charge in [0.05, 0.1) is 6.04 Å². The summed E-state index contributed by atoms with van der Waals surface area (Å²) in [6.07, 6.45) is -10.8. The summed E-state index contributed by atoms with van der Waals surface area (Å²) in [5, 5.41) is 4.44. The molecule has 2 rings (SSSR count). The summed E-state index contributed by atoms with van der Waals surface area (Å²) in [4.78, 5) is 0. The minimum absolute atomic E-state index is 0.00431. The second-order valence-corrected chi connectivity index (χ2v) is 5.43. The molecule has 0 aliphatic rings. The molecule has 1 aromatic heterocycles. The van der Waals surface area contributed by atoms with E-state index in [2.05, 4.69) is 5.32 Å². The van der Waals surface area contributed by atoms with Crippen molar-refractivity contribution in [2.24, 2.45) is 5.92 Å². The van der Waals surface area contributed by atoms with Crippen LogP contribution >= 0.6 is 11.3 Å². The van der Waals surface area contributed by atoms with E-state index in [1.54, 1.807) is 17.5 Å². The number of alkyl halides is 6. The van der Waals surface area contributed by atoms with Gasteiger partial charge in [0.2, 0.25) is 0 Å². The molecule has 0 saturated carbocycles. The van der Waals surface area contributed by atoms with E-state index in [0.717, 1.165) is 18.4 Å². The third-order valence-electron chi connectivity index (χ3n) is 3.19. The Balaban J connectivity index is 2.58. The molecule has 116 valence electrons. The molecular formula is C13H11F6NS. The van der Waals surface area contributed by atoms with Gasteiger partial charge in [-0.2, -0.15) is 26.3 Å². The third-order valence-corrected chi connectivity index (χ3v) is 4.17. The smallest absolute Gasteiger partial charge is 0.312 e. The molecule has 1 N–H and O–H groups in total. The molecule has 0 bridgehead atoms. The summed E-state index contributed by atoms with van der Waals surface area (Å²) in [6.45, 7) is 0. The largest absolute Gasteiger partial charge is 0.402 e. The Labute approximate surface area is 120 Å². The molecule has 1 aromatic carbocycles. The molecule has 0 aliphatic carbocycles. The first-order valence-corrected chi connectivity index (χ1v) is 6.81. The SMILES string of the molecule is CNC(c1cccc2ccsc12)C(C(F)(F)F)C(F)(F)F. The molecular weight excluding hydrogens is 316 g/mol. The number of halogens is 6. The highest BCUT2D eigenvalue weighted by Gasteiger charge is 2.60. The van der Waals surface area contributed by atoms with E-state index in [4.69, 9.17) is 0 Å². The Bertz CT molecular complexity index is 601. The van der Waals surface area contributed by atoms with Gasteiger partial charge in [-0.15, -0.1) is 11.3 Å². The zero-order valence-corrected chi connectivity index (χ0v) is 11.5. The third kappa shape index (κ3) is 3.16. The fraction of sp³-hybridized carbons (Fsp3) is 0.385. The first kappa shape index (κ1) is 16.1. The maximum atomic E-state index is 12.9. The van der Waals surface area contributed by atoms with E-state index in [9.17, 15) is 26.3 Å². The fourth-order valence-electron chi connectivity index (χ4n) is 2.33. The molecule has 0 fully saturated rings. The van der Waals surface area contributed by atoms with Crippen LogP contribution in [0.1, 0.15) is 11.6 Å². The molecule has 0 saturated heterocycles. The molecule has 0 spiro atoms. The van der Waals surface area contributed by atoms with Gasteiger partial charge in [-0.1, -0.05) is 18.2 Å². The molecule has 0 radical (unpaired) electrons. The van der Waals surface area contributed by atoms with Crippen LogP contribution in [0, 0.1) is 5.92 Å². The average Bonchev–Trinajstić information content (AvgIpc) is 2.80. The Hall–Kier alpha value is -1.28. The van der Waals surface area contributed by atoms with Crippen molar-refractivity contribution >= 4 is 21.4 Å². The van der Waals surface area contributed by atoms with Crippen LogP contribution in [-0.4, -0.2) is 19.4 Å². The van der Waals surface area contributed by atoms with Crippen LogP contribution in [-0.2, 0) is 0 Å². The summed E-state index contributed by atoms with van der Waals surface area (Å²) in [7, 11) is 1.10. The van der Waals surface area contributed by atoms with Crippen molar-refractivity contribution in [3.8, 4) is 0 Å². The van der Waals surface area contributed by atoms with Gasteiger partial charge >= 0.3 is 12.4 Å². The van der Waals surface area contributed by atoms with Crippen molar-refractivity contribution in [3.63, 3.8) is 0 Å². The van der Waals surface area contributed by atoms with Crippen molar-refractivity contribution < 1.29 is 26.3 Å². The molecule has 1 unspecified atom stereocenters. The summed E-state index contributed by atoms with van der Waals surface area (Å²) in [5.74, 6) is -3.46. The number of fused-ring (bicyclic) bond motifs is 1. The Morgan fingerprint density at radius 3 is 2.14 bits per heavy atom. The minimum atomic E-state index is -5.38. The highest BCUT2D eigenvalue weighted by molar-refractivity contribution is 7.17. The van der Waals surface area contributed by atoms with Crippen LogP contribution in [0.15, 0.2) is 29.6 Å². The monoisotopic (exact) mass is 327 g/mol. The molecule has 8 heteroatoms. The molecule has 0 aliphatic heterocycles. The lowest BCUT2D eigenvalue weighted by molar-refractivity contribution is -0.292. The minimum Gasteiger partial charge on any atom is -0.312 e. The highest BCUT2D eigenvalue weighted by Crippen LogP contribution is 2.47. The van der Waals surface area contributed by atoms with E-state index < -0.39 is 24.3 Å². The van der Waals surface area contributed by atoms with Gasteiger partial charge in [0.15, 0.2) is 5.92 Å². The second-order valence-electron chi connectivity index (χ2n) is 4.51. The predicted octanol–water partition coefficient (Wildman–Crippen LogP) is 4.90. The summed E-state index contributed by atoms with van der Waals surface area (Å²) in [5.41, 5.74) is 0.00431. The predicted molar refractivity (Wildman–Crippen MR) is 69.2 cm³/mol. The van der Waals surface area contributed by atoms with Crippen molar-refractivity contribution in [3.05, 3.63) is 35.2 Å². The van der Waals surface area contributed by atoms with Crippen molar-refractivity contribution in [2.45, 2.75) is 18.4 Å². The van der Waals surface area contributed by atoms with Crippen molar-refractivity contribution in [1.29, 1.82) is 0 Å². The van der Waals surface area contributed by atoms with Crippen LogP contribution in [0.25, 0.3) is 10.1 Å². The second kappa shape index (κ2) is 5.49. The van der Waals surface area contributed by atoms with E-state index in [1.807, 2.05) is 0 Å². The maximum absolute atomic E-state index is 12.9. The maximum Gasteiger partial charge on any atom is 0.402 e. The van der Waals surface area contributed by atoms with E-state index in [1.165, 1.54) is 12.1 Å². The number of hydrogen-bond donors (Lipinski definition) is 1. The average molecular weight is 327 g/mol. The molecule has 1 nitrogen and oxygen atoms in total. The summed E-state index contributed by atoms with van der Waals surface area (Å²) in [6, 6.07) is 4.18. The number of thiophene rings is 1. The Morgan fingerprint density at radius 2 is 1.62 bits per heavy atom. The zero-order valence-electron chi connectivity index (χ0n) is 10.7. The van der Waals surface area contributed by atoms with Crippen molar-refractivity contribution in [1.82, 2.24) is 5.32 Å². The van der Waals surface area contributed by atoms with Crippen LogP contribution < -0.4 is 5.32 Å². The topological polar surface area (TPSA) is 12.0 Å². The number of hydrogen-bond acceptors (Lipinski definition) is 2. The lowest BCUT2D eigenvalue weighted by atomic mass is 9.91. The zero-order chi connectivity index (χ0) is 15.8. The van der Waals surface area contributed by atoms with Gasteiger partial charge in [0.1, 0.15) is 0 Å². The van der Waals surface area contributed by atoms with Crippen LogP contribution in [0.4, 0.5) is 26.3 Å². The van der Waals surface area contributed by atoms with Gasteiger partial charge in [0, 0.05) is 4.70 Å². The lowest BCUT2D eigenvalue weighted by Crippen LogP contribution is -2.45. The fourth-order valence-corrected chi connectivity index (χ4v) is 3.28.